The highest BCUT2D eigenvalue weighted by atomic mass is 35.5. The first-order valence-corrected chi connectivity index (χ1v) is 8.42. The molecule has 1 amide bonds. The summed E-state index contributed by atoms with van der Waals surface area (Å²) in [6, 6.07) is 14.7. The lowest BCUT2D eigenvalue weighted by molar-refractivity contribution is 0.102. The molecule has 0 unspecified atom stereocenters. The number of aromatic nitrogens is 3. The molecule has 4 rings (SSSR count). The van der Waals surface area contributed by atoms with Gasteiger partial charge in [-0.1, -0.05) is 35.9 Å². The molecule has 1 aromatic carbocycles. The molecule has 0 saturated heterocycles. The molecule has 24 heavy (non-hydrogen) atoms. The van der Waals surface area contributed by atoms with Gasteiger partial charge in [-0.2, -0.15) is 5.10 Å². The monoisotopic (exact) mass is 354 g/mol. The predicted octanol–water partition coefficient (Wildman–Crippen LogP) is 4.59. The number of anilines is 1. The van der Waals surface area contributed by atoms with E-state index in [4.69, 9.17) is 11.6 Å². The maximum absolute atomic E-state index is 12.6. The molecule has 0 aliphatic heterocycles. The molecule has 4 aromatic rings. The third-order valence-electron chi connectivity index (χ3n) is 3.54. The topological polar surface area (TPSA) is 70.7 Å². The second kappa shape index (κ2) is 6.07. The van der Waals surface area contributed by atoms with Crippen molar-refractivity contribution >= 4 is 45.6 Å². The fourth-order valence-electron chi connectivity index (χ4n) is 2.46. The summed E-state index contributed by atoms with van der Waals surface area (Å²) >= 11 is 7.63. The standard InChI is InChI=1S/C17H11ClN4OS/c18-15-8-11(10-4-1-2-5-12(10)19-15)17(23)20-16-9-13(21-22-16)14-6-3-7-24-14/h1-9H,(H2,20,21,22,23). The van der Waals surface area contributed by atoms with Crippen molar-refractivity contribution in [2.75, 3.05) is 5.32 Å². The Balaban J connectivity index is 1.65. The molecule has 0 aliphatic rings. The lowest BCUT2D eigenvalue weighted by Gasteiger charge is -2.06. The SMILES string of the molecule is O=C(Nc1cc(-c2cccs2)[nH]n1)c1cc(Cl)nc2ccccc12. The van der Waals surface area contributed by atoms with Crippen molar-refractivity contribution in [3.8, 4) is 10.6 Å². The summed E-state index contributed by atoms with van der Waals surface area (Å²) in [4.78, 5) is 17.9. The quantitative estimate of drug-likeness (QED) is 0.528. The van der Waals surface area contributed by atoms with Crippen LogP contribution < -0.4 is 5.32 Å². The lowest BCUT2D eigenvalue weighted by Crippen LogP contribution is -2.13. The number of hydrogen-bond donors (Lipinski definition) is 2. The third kappa shape index (κ3) is 2.77. The van der Waals surface area contributed by atoms with E-state index >= 15 is 0 Å². The summed E-state index contributed by atoms with van der Waals surface area (Å²) in [5.74, 6) is 0.181. The molecule has 7 heteroatoms. The van der Waals surface area contributed by atoms with Crippen molar-refractivity contribution in [2.24, 2.45) is 0 Å². The fourth-order valence-corrected chi connectivity index (χ4v) is 3.35. The van der Waals surface area contributed by atoms with Crippen molar-refractivity contribution in [1.29, 1.82) is 0 Å². The maximum atomic E-state index is 12.6. The van der Waals surface area contributed by atoms with Gasteiger partial charge in [-0.3, -0.25) is 9.89 Å². The Morgan fingerprint density at radius 2 is 2.04 bits per heavy atom. The van der Waals surface area contributed by atoms with E-state index in [2.05, 4.69) is 20.5 Å². The Morgan fingerprint density at radius 1 is 1.17 bits per heavy atom. The zero-order valence-corrected chi connectivity index (χ0v) is 13.9. The second-order valence-corrected chi connectivity index (χ2v) is 6.44. The molecule has 5 nitrogen and oxygen atoms in total. The van der Waals surface area contributed by atoms with Crippen LogP contribution >= 0.6 is 22.9 Å². The number of fused-ring (bicyclic) bond motifs is 1. The van der Waals surface area contributed by atoms with Crippen LogP contribution in [0.4, 0.5) is 5.82 Å². The number of benzene rings is 1. The first-order valence-electron chi connectivity index (χ1n) is 7.16. The molecule has 3 aromatic heterocycles. The molecular weight excluding hydrogens is 344 g/mol. The second-order valence-electron chi connectivity index (χ2n) is 5.11. The van der Waals surface area contributed by atoms with E-state index < -0.39 is 0 Å². The van der Waals surface area contributed by atoms with Gasteiger partial charge in [0.15, 0.2) is 5.82 Å². The van der Waals surface area contributed by atoms with Crippen molar-refractivity contribution in [3.63, 3.8) is 0 Å². The van der Waals surface area contributed by atoms with Crippen LogP contribution in [0.2, 0.25) is 5.15 Å². The number of carbonyl (C=O) groups is 1. The Morgan fingerprint density at radius 3 is 2.88 bits per heavy atom. The van der Waals surface area contributed by atoms with Gasteiger partial charge >= 0.3 is 0 Å². The van der Waals surface area contributed by atoms with Crippen LogP contribution in [0.25, 0.3) is 21.5 Å². The smallest absolute Gasteiger partial charge is 0.257 e. The van der Waals surface area contributed by atoms with Gasteiger partial charge in [-0.05, 0) is 23.6 Å². The Hall–Kier alpha value is -2.70. The number of aromatic amines is 1. The van der Waals surface area contributed by atoms with Crippen LogP contribution in [0.5, 0.6) is 0 Å². The van der Waals surface area contributed by atoms with Gasteiger partial charge in [-0.15, -0.1) is 11.3 Å². The Bertz CT molecular complexity index is 1030. The Labute approximate surface area is 146 Å². The molecule has 3 heterocycles. The van der Waals surface area contributed by atoms with E-state index in [9.17, 15) is 4.79 Å². The van der Waals surface area contributed by atoms with Crippen molar-refractivity contribution in [1.82, 2.24) is 15.2 Å². The summed E-state index contributed by atoms with van der Waals surface area (Å²) in [5, 5.41) is 12.9. The number of carbonyl (C=O) groups excluding carboxylic acids is 1. The number of nitrogens with zero attached hydrogens (tertiary/aromatic N) is 2. The minimum absolute atomic E-state index is 0.278. The van der Waals surface area contributed by atoms with E-state index in [-0.39, 0.29) is 11.1 Å². The first-order chi connectivity index (χ1) is 11.7. The van der Waals surface area contributed by atoms with Crippen molar-refractivity contribution < 1.29 is 4.79 Å². The average Bonchev–Trinajstić information content (AvgIpc) is 3.25. The number of halogens is 1. The third-order valence-corrected chi connectivity index (χ3v) is 4.63. The molecule has 0 radical (unpaired) electrons. The van der Waals surface area contributed by atoms with Crippen LogP contribution in [0.1, 0.15) is 10.4 Å². The molecule has 0 atom stereocenters. The van der Waals surface area contributed by atoms with Crippen molar-refractivity contribution in [2.45, 2.75) is 0 Å². The van der Waals surface area contributed by atoms with Crippen LogP contribution in [-0.2, 0) is 0 Å². The number of pyridine rings is 1. The van der Waals surface area contributed by atoms with Gasteiger partial charge in [0.25, 0.3) is 5.91 Å². The summed E-state index contributed by atoms with van der Waals surface area (Å²) < 4.78 is 0. The molecule has 0 bridgehead atoms. The number of thiophene rings is 1. The van der Waals surface area contributed by atoms with Crippen LogP contribution in [0, 0.1) is 0 Å². The van der Waals surface area contributed by atoms with E-state index in [1.54, 1.807) is 23.5 Å². The van der Waals surface area contributed by atoms with E-state index in [0.717, 1.165) is 16.0 Å². The normalized spacial score (nSPS) is 10.9. The zero-order valence-electron chi connectivity index (χ0n) is 12.3. The number of amides is 1. The minimum Gasteiger partial charge on any atom is -0.305 e. The molecule has 2 N–H and O–H groups in total. The molecule has 118 valence electrons. The lowest BCUT2D eigenvalue weighted by atomic mass is 10.1. The average molecular weight is 355 g/mol. The highest BCUT2D eigenvalue weighted by Crippen LogP contribution is 2.25. The number of para-hydroxylation sites is 1. The molecule has 0 fully saturated rings. The summed E-state index contributed by atoms with van der Waals surface area (Å²) in [6.07, 6.45) is 0. The summed E-state index contributed by atoms with van der Waals surface area (Å²) in [5.41, 5.74) is 2.00. The van der Waals surface area contributed by atoms with Gasteiger partial charge in [-0.25, -0.2) is 4.98 Å². The highest BCUT2D eigenvalue weighted by molar-refractivity contribution is 7.13. The highest BCUT2D eigenvalue weighted by Gasteiger charge is 2.14. The minimum atomic E-state index is -0.278. The van der Waals surface area contributed by atoms with Gasteiger partial charge in [0.1, 0.15) is 5.15 Å². The van der Waals surface area contributed by atoms with Crippen LogP contribution in [-0.4, -0.2) is 21.1 Å². The molecule has 0 saturated carbocycles. The summed E-state index contributed by atoms with van der Waals surface area (Å²) in [7, 11) is 0. The van der Waals surface area contributed by atoms with E-state index in [0.29, 0.717) is 16.9 Å². The first kappa shape index (κ1) is 14.9. The maximum Gasteiger partial charge on any atom is 0.257 e. The van der Waals surface area contributed by atoms with E-state index in [1.807, 2.05) is 41.8 Å². The largest absolute Gasteiger partial charge is 0.305 e. The Kier molecular flexibility index (Phi) is 3.76. The molecule has 0 aliphatic carbocycles. The predicted molar refractivity (Wildman–Crippen MR) is 96.6 cm³/mol. The van der Waals surface area contributed by atoms with Crippen LogP contribution in [0.15, 0.2) is 53.9 Å². The number of rotatable bonds is 3. The summed E-state index contributed by atoms with van der Waals surface area (Å²) in [6.45, 7) is 0. The van der Waals surface area contributed by atoms with Crippen LogP contribution in [0.3, 0.4) is 0 Å². The van der Waals surface area contributed by atoms with Crippen molar-refractivity contribution in [3.05, 3.63) is 64.6 Å². The van der Waals surface area contributed by atoms with Gasteiger partial charge in [0.2, 0.25) is 0 Å². The molecular formula is C17H11ClN4OS. The van der Waals surface area contributed by atoms with Gasteiger partial charge < -0.3 is 5.32 Å². The van der Waals surface area contributed by atoms with Gasteiger partial charge in [0, 0.05) is 11.5 Å². The number of H-pyrrole nitrogens is 1. The van der Waals surface area contributed by atoms with Gasteiger partial charge in [0.05, 0.1) is 21.7 Å². The zero-order chi connectivity index (χ0) is 16.5. The van der Waals surface area contributed by atoms with E-state index in [1.165, 1.54) is 0 Å². The number of hydrogen-bond acceptors (Lipinski definition) is 4. The number of nitrogens with one attached hydrogen (secondary N) is 2. The fraction of sp³-hybridized carbons (Fsp3) is 0. The molecule has 0 spiro atoms.